The maximum Gasteiger partial charge on any atom is 0.323 e. The number of para-hydroxylation sites is 1. The molecule has 150 valence electrons. The van der Waals surface area contributed by atoms with Gasteiger partial charge < -0.3 is 20.3 Å². The lowest BCUT2D eigenvalue weighted by molar-refractivity contribution is 0.256. The number of primary amides is 1. The second kappa shape index (κ2) is 7.97. The quantitative estimate of drug-likeness (QED) is 0.739. The molecule has 7 nitrogen and oxygen atoms in total. The van der Waals surface area contributed by atoms with Crippen LogP contribution in [0, 0.1) is 0 Å². The van der Waals surface area contributed by atoms with Crippen LogP contribution in [0.2, 0.25) is 0 Å². The molecule has 1 aromatic heterocycles. The molecular formula is C22H25N5O2. The minimum Gasteiger partial charge on any atom is -0.495 e. The van der Waals surface area contributed by atoms with Gasteiger partial charge >= 0.3 is 6.03 Å². The number of rotatable bonds is 4. The average molecular weight is 391 g/mol. The molecule has 4 rings (SSSR count). The Morgan fingerprint density at radius 3 is 2.55 bits per heavy atom. The third-order valence-corrected chi connectivity index (χ3v) is 5.32. The minimum absolute atomic E-state index is 0.559. The highest BCUT2D eigenvalue weighted by atomic mass is 16.5. The van der Waals surface area contributed by atoms with Crippen LogP contribution in [0.25, 0.3) is 10.9 Å². The molecule has 1 fully saturated rings. The van der Waals surface area contributed by atoms with Crippen molar-refractivity contribution >= 4 is 34.0 Å². The van der Waals surface area contributed by atoms with Crippen molar-refractivity contribution in [2.75, 3.05) is 50.1 Å². The predicted molar refractivity (Wildman–Crippen MR) is 116 cm³/mol. The van der Waals surface area contributed by atoms with Gasteiger partial charge in [0.25, 0.3) is 0 Å². The first-order valence-electron chi connectivity index (χ1n) is 9.62. The fourth-order valence-corrected chi connectivity index (χ4v) is 3.70. The van der Waals surface area contributed by atoms with Crippen molar-refractivity contribution in [2.45, 2.75) is 0 Å². The van der Waals surface area contributed by atoms with Gasteiger partial charge in [-0.25, -0.2) is 4.79 Å². The third kappa shape index (κ3) is 3.82. The van der Waals surface area contributed by atoms with E-state index in [0.29, 0.717) is 11.4 Å². The van der Waals surface area contributed by atoms with Gasteiger partial charge in [0.05, 0.1) is 35.9 Å². The third-order valence-electron chi connectivity index (χ3n) is 5.32. The number of carbonyl (C=O) groups excluding carboxylic acids is 1. The van der Waals surface area contributed by atoms with Gasteiger partial charge in [-0.3, -0.25) is 9.88 Å². The number of pyridine rings is 1. The highest BCUT2D eigenvalue weighted by Crippen LogP contribution is 2.36. The summed E-state index contributed by atoms with van der Waals surface area (Å²) in [5, 5.41) is 0.948. The van der Waals surface area contributed by atoms with Crippen LogP contribution in [0.1, 0.15) is 0 Å². The molecule has 2 aromatic carbocycles. The van der Waals surface area contributed by atoms with Gasteiger partial charge in [0.15, 0.2) is 0 Å². The standard InChI is InChI=1S/C22H25N5O2/c1-25-9-11-26(12-10-25)20-14-17(7-8-21(20)29-2)27(22(23)28)18-13-16-5-3-4-6-19(16)24-15-18/h3-8,13-15H,9-12H2,1-2H3,(H2,23,28). The molecule has 0 radical (unpaired) electrons. The molecule has 0 spiro atoms. The summed E-state index contributed by atoms with van der Waals surface area (Å²) >= 11 is 0. The minimum atomic E-state index is -0.559. The molecule has 0 atom stereocenters. The van der Waals surface area contributed by atoms with E-state index in [4.69, 9.17) is 10.5 Å². The number of piperazine rings is 1. The SMILES string of the molecule is COc1ccc(N(C(N)=O)c2cnc3ccccc3c2)cc1N1CCN(C)CC1. The second-order valence-electron chi connectivity index (χ2n) is 7.21. The number of benzene rings is 2. The Morgan fingerprint density at radius 2 is 1.83 bits per heavy atom. The highest BCUT2D eigenvalue weighted by Gasteiger charge is 2.22. The van der Waals surface area contributed by atoms with Crippen molar-refractivity contribution < 1.29 is 9.53 Å². The van der Waals surface area contributed by atoms with E-state index in [0.717, 1.165) is 48.5 Å². The van der Waals surface area contributed by atoms with Gasteiger partial charge in [-0.1, -0.05) is 18.2 Å². The lowest BCUT2D eigenvalue weighted by Gasteiger charge is -2.35. The number of anilines is 3. The Hall–Kier alpha value is -3.32. The summed E-state index contributed by atoms with van der Waals surface area (Å²) in [4.78, 5) is 22.9. The van der Waals surface area contributed by atoms with Gasteiger partial charge in [0.2, 0.25) is 0 Å². The molecule has 0 unspecified atom stereocenters. The predicted octanol–water partition coefficient (Wildman–Crippen LogP) is 3.21. The second-order valence-corrected chi connectivity index (χ2v) is 7.21. The molecule has 2 N–H and O–H groups in total. The molecule has 0 bridgehead atoms. The van der Waals surface area contributed by atoms with Crippen LogP contribution in [0.15, 0.2) is 54.7 Å². The van der Waals surface area contributed by atoms with Crippen molar-refractivity contribution in [3.63, 3.8) is 0 Å². The Balaban J connectivity index is 1.75. The normalized spacial score (nSPS) is 14.8. The van der Waals surface area contributed by atoms with Crippen LogP contribution in [0.3, 0.4) is 0 Å². The number of ether oxygens (including phenoxy) is 1. The summed E-state index contributed by atoms with van der Waals surface area (Å²) in [6.45, 7) is 3.73. The maximum atomic E-state index is 12.4. The van der Waals surface area contributed by atoms with Crippen LogP contribution in [-0.4, -0.2) is 56.3 Å². The smallest absolute Gasteiger partial charge is 0.323 e. The molecule has 7 heteroatoms. The zero-order chi connectivity index (χ0) is 20.4. The molecule has 1 aliphatic rings. The van der Waals surface area contributed by atoms with Crippen molar-refractivity contribution in [1.82, 2.24) is 9.88 Å². The number of hydrogen-bond acceptors (Lipinski definition) is 5. The summed E-state index contributed by atoms with van der Waals surface area (Å²) < 4.78 is 5.58. The van der Waals surface area contributed by atoms with Crippen molar-refractivity contribution in [1.29, 1.82) is 0 Å². The summed E-state index contributed by atoms with van der Waals surface area (Å²) in [7, 11) is 3.78. The lowest BCUT2D eigenvalue weighted by Crippen LogP contribution is -2.44. The Kier molecular flexibility index (Phi) is 5.22. The van der Waals surface area contributed by atoms with E-state index in [-0.39, 0.29) is 0 Å². The highest BCUT2D eigenvalue weighted by molar-refractivity contribution is 6.00. The molecule has 2 amide bonds. The Labute approximate surface area is 170 Å². The van der Waals surface area contributed by atoms with Crippen molar-refractivity contribution in [2.24, 2.45) is 5.73 Å². The molecule has 1 aliphatic heterocycles. The fraction of sp³-hybridized carbons (Fsp3) is 0.273. The molecule has 3 aromatic rings. The van der Waals surface area contributed by atoms with Gasteiger partial charge in [-0.2, -0.15) is 0 Å². The van der Waals surface area contributed by atoms with Crippen LogP contribution in [0.5, 0.6) is 5.75 Å². The summed E-state index contributed by atoms with van der Waals surface area (Å²) in [5.41, 5.74) is 8.91. The van der Waals surface area contributed by atoms with E-state index in [1.807, 2.05) is 48.5 Å². The van der Waals surface area contributed by atoms with E-state index in [2.05, 4.69) is 21.8 Å². The van der Waals surface area contributed by atoms with Crippen molar-refractivity contribution in [3.8, 4) is 5.75 Å². The zero-order valence-corrected chi connectivity index (χ0v) is 16.7. The van der Waals surface area contributed by atoms with Gasteiger partial charge in [-0.15, -0.1) is 0 Å². The largest absolute Gasteiger partial charge is 0.495 e. The number of carbonyl (C=O) groups is 1. The number of urea groups is 1. The number of nitrogens with zero attached hydrogens (tertiary/aromatic N) is 4. The summed E-state index contributed by atoms with van der Waals surface area (Å²) in [6, 6.07) is 14.8. The lowest BCUT2D eigenvalue weighted by atomic mass is 10.1. The molecular weight excluding hydrogens is 366 g/mol. The fourth-order valence-electron chi connectivity index (χ4n) is 3.70. The molecule has 29 heavy (non-hydrogen) atoms. The molecule has 2 heterocycles. The van der Waals surface area contributed by atoms with E-state index < -0.39 is 6.03 Å². The Bertz CT molecular complexity index is 1030. The first-order chi connectivity index (χ1) is 14.1. The van der Waals surface area contributed by atoms with Gasteiger partial charge in [0, 0.05) is 31.6 Å². The maximum absolute atomic E-state index is 12.4. The van der Waals surface area contributed by atoms with E-state index in [1.54, 1.807) is 13.3 Å². The van der Waals surface area contributed by atoms with Gasteiger partial charge in [0.1, 0.15) is 5.75 Å². The van der Waals surface area contributed by atoms with Gasteiger partial charge in [-0.05, 0) is 37.4 Å². The van der Waals surface area contributed by atoms with E-state index in [9.17, 15) is 4.79 Å². The Morgan fingerprint density at radius 1 is 1.07 bits per heavy atom. The number of likely N-dealkylation sites (N-methyl/N-ethyl adjacent to an activating group) is 1. The first kappa shape index (κ1) is 19.0. The zero-order valence-electron chi connectivity index (χ0n) is 16.7. The summed E-state index contributed by atoms with van der Waals surface area (Å²) in [5.74, 6) is 0.777. The number of fused-ring (bicyclic) bond motifs is 1. The van der Waals surface area contributed by atoms with Crippen LogP contribution >= 0.6 is 0 Å². The van der Waals surface area contributed by atoms with Crippen LogP contribution in [-0.2, 0) is 0 Å². The number of aromatic nitrogens is 1. The van der Waals surface area contributed by atoms with Crippen molar-refractivity contribution in [3.05, 3.63) is 54.7 Å². The number of methoxy groups -OCH3 is 1. The summed E-state index contributed by atoms with van der Waals surface area (Å²) in [6.07, 6.45) is 1.67. The first-order valence-corrected chi connectivity index (χ1v) is 9.62. The van der Waals surface area contributed by atoms with E-state index >= 15 is 0 Å². The number of nitrogens with two attached hydrogens (primary N) is 1. The van der Waals surface area contributed by atoms with Crippen LogP contribution in [0.4, 0.5) is 21.9 Å². The van der Waals surface area contributed by atoms with Crippen LogP contribution < -0.4 is 20.3 Å². The topological polar surface area (TPSA) is 74.9 Å². The average Bonchev–Trinajstić information content (AvgIpc) is 2.74. The number of hydrogen-bond donors (Lipinski definition) is 1. The molecule has 1 saturated heterocycles. The van der Waals surface area contributed by atoms with E-state index in [1.165, 1.54) is 4.90 Å². The monoisotopic (exact) mass is 391 g/mol. The number of amides is 2. The molecule has 0 saturated carbocycles. The molecule has 0 aliphatic carbocycles.